The largest absolute Gasteiger partial charge is 0.311 e. The SMILES string of the molecule is Cc1ccc(N2c3ccc(C)cc3B3c4cc(C)ccc4N(c4ccc(C)cc4)c4cc(N(c5cccc(C(C)(C)C)c5)c5cccc(C(C)(C)C)c5)cc2c43)cc1. The highest BCUT2D eigenvalue weighted by atomic mass is 15.2. The molecule has 0 N–H and O–H groups in total. The summed E-state index contributed by atoms with van der Waals surface area (Å²) in [5.41, 5.74) is 22.2. The van der Waals surface area contributed by atoms with E-state index in [1.165, 1.54) is 72.5 Å². The van der Waals surface area contributed by atoms with E-state index in [1.54, 1.807) is 0 Å². The van der Waals surface area contributed by atoms with Crippen molar-refractivity contribution >= 4 is 74.3 Å². The fraction of sp³-hybridized carbons (Fsp3) is 0.222. The molecule has 0 atom stereocenters. The molecule has 0 radical (unpaired) electrons. The Morgan fingerprint density at radius 3 is 1.19 bits per heavy atom. The van der Waals surface area contributed by atoms with Crippen LogP contribution in [0.4, 0.5) is 51.2 Å². The van der Waals surface area contributed by atoms with E-state index < -0.39 is 0 Å². The average molecular weight is 756 g/mol. The summed E-state index contributed by atoms with van der Waals surface area (Å²) in [6.07, 6.45) is 0. The van der Waals surface area contributed by atoms with E-state index in [2.05, 4.69) is 230 Å². The van der Waals surface area contributed by atoms with Gasteiger partial charge in [0.2, 0.25) is 0 Å². The minimum Gasteiger partial charge on any atom is -0.311 e. The summed E-state index contributed by atoms with van der Waals surface area (Å²) < 4.78 is 0. The van der Waals surface area contributed by atoms with Crippen LogP contribution in [0.15, 0.2) is 146 Å². The van der Waals surface area contributed by atoms with Crippen molar-refractivity contribution in [2.24, 2.45) is 0 Å². The molecule has 0 aliphatic carbocycles. The van der Waals surface area contributed by atoms with Crippen LogP contribution in [0.5, 0.6) is 0 Å². The molecular weight excluding hydrogens is 701 g/mol. The van der Waals surface area contributed by atoms with Gasteiger partial charge in [-0.3, -0.25) is 0 Å². The van der Waals surface area contributed by atoms with Crippen LogP contribution in [0.25, 0.3) is 0 Å². The maximum absolute atomic E-state index is 2.52. The Morgan fingerprint density at radius 1 is 0.397 bits per heavy atom. The fourth-order valence-electron chi connectivity index (χ4n) is 8.97. The van der Waals surface area contributed by atoms with Gasteiger partial charge in [-0.15, -0.1) is 0 Å². The van der Waals surface area contributed by atoms with Gasteiger partial charge in [0.1, 0.15) is 0 Å². The van der Waals surface area contributed by atoms with E-state index in [4.69, 9.17) is 0 Å². The minimum atomic E-state index is -0.0157. The third kappa shape index (κ3) is 6.49. The van der Waals surface area contributed by atoms with Gasteiger partial charge in [0.05, 0.1) is 5.69 Å². The van der Waals surface area contributed by atoms with Crippen molar-refractivity contribution in [2.75, 3.05) is 14.7 Å². The number of anilines is 9. The van der Waals surface area contributed by atoms with Crippen LogP contribution in [0, 0.1) is 27.7 Å². The summed E-state index contributed by atoms with van der Waals surface area (Å²) in [7, 11) is 0. The second-order valence-corrected chi connectivity index (χ2v) is 18.7. The molecule has 0 saturated heterocycles. The average Bonchev–Trinajstić information content (AvgIpc) is 3.18. The zero-order valence-corrected chi connectivity index (χ0v) is 35.8. The fourth-order valence-corrected chi connectivity index (χ4v) is 8.97. The molecule has 7 aromatic rings. The summed E-state index contributed by atoms with van der Waals surface area (Å²) in [5.74, 6) is 0. The van der Waals surface area contributed by atoms with Crippen molar-refractivity contribution in [1.82, 2.24) is 0 Å². The first-order valence-corrected chi connectivity index (χ1v) is 20.8. The number of hydrogen-bond acceptors (Lipinski definition) is 3. The van der Waals surface area contributed by atoms with Crippen LogP contribution in [-0.2, 0) is 10.8 Å². The third-order valence-electron chi connectivity index (χ3n) is 12.1. The lowest BCUT2D eigenvalue weighted by atomic mass is 9.33. The highest BCUT2D eigenvalue weighted by Crippen LogP contribution is 2.48. The molecule has 58 heavy (non-hydrogen) atoms. The van der Waals surface area contributed by atoms with Crippen LogP contribution in [0.2, 0.25) is 0 Å². The maximum Gasteiger partial charge on any atom is 0.252 e. The van der Waals surface area contributed by atoms with E-state index in [0.29, 0.717) is 0 Å². The number of hydrogen-bond donors (Lipinski definition) is 0. The Labute approximate surface area is 346 Å². The predicted octanol–water partition coefficient (Wildman–Crippen LogP) is 13.1. The molecule has 7 aromatic carbocycles. The van der Waals surface area contributed by atoms with Gasteiger partial charge >= 0.3 is 0 Å². The van der Waals surface area contributed by atoms with Crippen molar-refractivity contribution in [3.05, 3.63) is 179 Å². The molecule has 288 valence electrons. The lowest BCUT2D eigenvalue weighted by Gasteiger charge is -2.45. The lowest BCUT2D eigenvalue weighted by molar-refractivity contribution is 0.590. The van der Waals surface area contributed by atoms with Gasteiger partial charge < -0.3 is 14.7 Å². The van der Waals surface area contributed by atoms with Crippen molar-refractivity contribution in [2.45, 2.75) is 80.1 Å². The molecule has 0 aromatic heterocycles. The zero-order chi connectivity index (χ0) is 40.7. The number of aryl methyl sites for hydroxylation is 4. The first-order chi connectivity index (χ1) is 27.7. The van der Waals surface area contributed by atoms with Gasteiger partial charge in [-0.25, -0.2) is 0 Å². The van der Waals surface area contributed by atoms with Crippen LogP contribution in [0.3, 0.4) is 0 Å². The van der Waals surface area contributed by atoms with Gasteiger partial charge in [0.25, 0.3) is 6.71 Å². The molecule has 2 aliphatic rings. The van der Waals surface area contributed by atoms with E-state index >= 15 is 0 Å². The van der Waals surface area contributed by atoms with Crippen molar-refractivity contribution in [3.8, 4) is 0 Å². The van der Waals surface area contributed by atoms with E-state index in [0.717, 1.165) is 28.4 Å². The van der Waals surface area contributed by atoms with Crippen LogP contribution < -0.4 is 31.1 Å². The molecule has 0 bridgehead atoms. The number of nitrogens with zero attached hydrogens (tertiary/aromatic N) is 3. The lowest BCUT2D eigenvalue weighted by Crippen LogP contribution is -2.61. The molecule has 9 rings (SSSR count). The Bertz CT molecular complexity index is 2510. The predicted molar refractivity (Wildman–Crippen MR) is 251 cm³/mol. The van der Waals surface area contributed by atoms with Gasteiger partial charge in [-0.1, -0.05) is 137 Å². The van der Waals surface area contributed by atoms with Crippen LogP contribution in [0.1, 0.15) is 74.9 Å². The monoisotopic (exact) mass is 755 g/mol. The quantitative estimate of drug-likeness (QED) is 0.162. The summed E-state index contributed by atoms with van der Waals surface area (Å²) in [6, 6.07) is 55.5. The van der Waals surface area contributed by atoms with Crippen LogP contribution in [-0.4, -0.2) is 6.71 Å². The summed E-state index contributed by atoms with van der Waals surface area (Å²) >= 11 is 0. The van der Waals surface area contributed by atoms with E-state index in [1.807, 2.05) is 0 Å². The molecule has 0 amide bonds. The number of fused-ring (bicyclic) bond motifs is 4. The molecular formula is C54H54BN3. The Morgan fingerprint density at radius 2 is 0.793 bits per heavy atom. The Balaban J connectivity index is 1.42. The molecule has 3 nitrogen and oxygen atoms in total. The molecule has 0 unspecified atom stereocenters. The summed E-state index contributed by atoms with van der Waals surface area (Å²) in [4.78, 5) is 7.54. The summed E-state index contributed by atoms with van der Waals surface area (Å²) in [5, 5.41) is 0. The van der Waals surface area contributed by atoms with E-state index in [9.17, 15) is 0 Å². The topological polar surface area (TPSA) is 9.72 Å². The zero-order valence-electron chi connectivity index (χ0n) is 35.8. The van der Waals surface area contributed by atoms with Gasteiger partial charge in [0.15, 0.2) is 0 Å². The summed E-state index contributed by atoms with van der Waals surface area (Å²) in [6.45, 7) is 22.7. The normalized spacial score (nSPS) is 13.2. The second-order valence-electron chi connectivity index (χ2n) is 18.7. The highest BCUT2D eigenvalue weighted by molar-refractivity contribution is 7.00. The molecule has 0 saturated carbocycles. The van der Waals surface area contributed by atoms with Gasteiger partial charge in [0, 0.05) is 45.5 Å². The van der Waals surface area contributed by atoms with Crippen molar-refractivity contribution < 1.29 is 0 Å². The number of benzene rings is 7. The molecule has 2 aliphatic heterocycles. The Kier molecular flexibility index (Phi) is 8.96. The molecule has 2 heterocycles. The maximum atomic E-state index is 2.52. The standard InChI is InChI=1S/C54H54BN3/c1-35-17-23-41(24-18-35)57-48-27-21-37(3)29-46(48)55-47-30-38(4)22-28-49(47)58(42-25-19-36(2)20-26-42)51-34-45(33-50(57)52(51)55)56(43-15-11-13-39(31-43)53(5,6)7)44-16-12-14-40(32-44)54(8,9)10/h11-34H,1-10H3. The molecule has 4 heteroatoms. The van der Waals surface area contributed by atoms with Crippen molar-refractivity contribution in [1.29, 1.82) is 0 Å². The number of rotatable bonds is 5. The van der Waals surface area contributed by atoms with Crippen LogP contribution >= 0.6 is 0 Å². The third-order valence-corrected chi connectivity index (χ3v) is 12.1. The highest BCUT2D eigenvalue weighted by Gasteiger charge is 2.44. The van der Waals surface area contributed by atoms with Gasteiger partial charge in [-0.05, 0) is 139 Å². The first-order valence-electron chi connectivity index (χ1n) is 20.8. The minimum absolute atomic E-state index is 0.0157. The smallest absolute Gasteiger partial charge is 0.252 e. The van der Waals surface area contributed by atoms with E-state index in [-0.39, 0.29) is 17.5 Å². The molecule has 0 fully saturated rings. The van der Waals surface area contributed by atoms with Crippen molar-refractivity contribution in [3.63, 3.8) is 0 Å². The Hall–Kier alpha value is -6.00. The van der Waals surface area contributed by atoms with Gasteiger partial charge in [-0.2, -0.15) is 0 Å². The second kappa shape index (κ2) is 13.8. The molecule has 0 spiro atoms. The first kappa shape index (κ1) is 37.6.